The van der Waals surface area contributed by atoms with E-state index in [4.69, 9.17) is 4.74 Å². The number of carbonyl (C=O) groups excluding carboxylic acids is 1. The summed E-state index contributed by atoms with van der Waals surface area (Å²) in [6, 6.07) is 4.20. The van der Waals surface area contributed by atoms with Gasteiger partial charge in [-0.05, 0) is 37.3 Å². The van der Waals surface area contributed by atoms with Gasteiger partial charge < -0.3 is 15.0 Å². The molecule has 0 spiro atoms. The van der Waals surface area contributed by atoms with Crippen LogP contribution in [0, 0.1) is 13.8 Å². The van der Waals surface area contributed by atoms with Gasteiger partial charge in [0.1, 0.15) is 5.69 Å². The van der Waals surface area contributed by atoms with Crippen molar-refractivity contribution in [2.75, 3.05) is 19.0 Å². The number of thiazole rings is 1. The monoisotopic (exact) mass is 361 g/mol. The lowest BCUT2D eigenvalue weighted by Gasteiger charge is -2.01. The molecule has 0 aliphatic carbocycles. The van der Waals surface area contributed by atoms with Crippen molar-refractivity contribution in [3.8, 4) is 11.4 Å². The zero-order chi connectivity index (χ0) is 17.1. The number of esters is 1. The highest BCUT2D eigenvalue weighted by Gasteiger charge is 2.20. The van der Waals surface area contributed by atoms with E-state index < -0.39 is 0 Å². The first-order valence-corrected chi connectivity index (χ1v) is 9.35. The first-order chi connectivity index (χ1) is 11.6. The average molecular weight is 361 g/mol. The first kappa shape index (κ1) is 16.7. The van der Waals surface area contributed by atoms with Crippen molar-refractivity contribution in [3.05, 3.63) is 44.6 Å². The van der Waals surface area contributed by atoms with Crippen LogP contribution in [0.15, 0.2) is 22.9 Å². The van der Waals surface area contributed by atoms with E-state index in [2.05, 4.69) is 32.8 Å². The minimum absolute atomic E-state index is 0.322. The lowest BCUT2D eigenvalue weighted by molar-refractivity contribution is 0.0599. The highest BCUT2D eigenvalue weighted by atomic mass is 32.1. The fourth-order valence-electron chi connectivity index (χ4n) is 2.63. The lowest BCUT2D eigenvalue weighted by atomic mass is 10.1. The van der Waals surface area contributed by atoms with Crippen LogP contribution in [0.4, 0.5) is 5.13 Å². The molecule has 7 heteroatoms. The Bertz CT molecular complexity index is 834. The fourth-order valence-corrected chi connectivity index (χ4v) is 4.07. The minimum Gasteiger partial charge on any atom is -0.465 e. The van der Waals surface area contributed by atoms with Gasteiger partial charge in [0, 0.05) is 22.5 Å². The summed E-state index contributed by atoms with van der Waals surface area (Å²) in [6.45, 7) is 4.63. The largest absolute Gasteiger partial charge is 0.465 e. The van der Waals surface area contributed by atoms with Crippen molar-refractivity contribution in [2.24, 2.45) is 0 Å². The SMILES string of the molecule is COC(=O)c1c(C)[nH]c(-c2csc(NCCc3cccs3)n2)c1C. The molecule has 3 rings (SSSR count). The highest BCUT2D eigenvalue weighted by molar-refractivity contribution is 7.14. The van der Waals surface area contributed by atoms with Crippen molar-refractivity contribution < 1.29 is 9.53 Å². The normalized spacial score (nSPS) is 10.8. The smallest absolute Gasteiger partial charge is 0.339 e. The number of nitrogens with zero attached hydrogens (tertiary/aromatic N) is 1. The summed E-state index contributed by atoms with van der Waals surface area (Å²) in [5.41, 5.74) is 3.97. The highest BCUT2D eigenvalue weighted by Crippen LogP contribution is 2.30. The second-order valence-corrected chi connectivity index (χ2v) is 7.30. The third kappa shape index (κ3) is 3.37. The number of aromatic nitrogens is 2. The zero-order valence-corrected chi connectivity index (χ0v) is 15.4. The van der Waals surface area contributed by atoms with Gasteiger partial charge in [-0.25, -0.2) is 9.78 Å². The standard InChI is InChI=1S/C17H19N3O2S2/c1-10-14(16(21)22-3)11(2)19-15(10)13-9-24-17(20-13)18-7-6-12-5-4-8-23-12/h4-5,8-9,19H,6-7H2,1-3H3,(H,18,20). The predicted octanol–water partition coefficient (Wildman–Crippen LogP) is 4.26. The Morgan fingerprint density at radius 3 is 2.92 bits per heavy atom. The number of anilines is 1. The number of thiophene rings is 1. The number of hydrogen-bond donors (Lipinski definition) is 2. The van der Waals surface area contributed by atoms with Crippen molar-refractivity contribution in [3.63, 3.8) is 0 Å². The van der Waals surface area contributed by atoms with Crippen molar-refractivity contribution in [2.45, 2.75) is 20.3 Å². The van der Waals surface area contributed by atoms with Crippen LogP contribution in [0.3, 0.4) is 0 Å². The van der Waals surface area contributed by atoms with Crippen LogP contribution in [0.25, 0.3) is 11.4 Å². The first-order valence-electron chi connectivity index (χ1n) is 7.59. The molecule has 3 heterocycles. The molecule has 0 saturated carbocycles. The minimum atomic E-state index is -0.322. The van der Waals surface area contributed by atoms with Gasteiger partial charge in [0.05, 0.1) is 18.4 Å². The number of hydrogen-bond acceptors (Lipinski definition) is 6. The Morgan fingerprint density at radius 2 is 2.21 bits per heavy atom. The van der Waals surface area contributed by atoms with Gasteiger partial charge in [0.25, 0.3) is 0 Å². The summed E-state index contributed by atoms with van der Waals surface area (Å²) >= 11 is 3.33. The van der Waals surface area contributed by atoms with Crippen LogP contribution >= 0.6 is 22.7 Å². The van der Waals surface area contributed by atoms with Crippen LogP contribution in [0.1, 0.15) is 26.5 Å². The van der Waals surface area contributed by atoms with Gasteiger partial charge in [-0.1, -0.05) is 6.07 Å². The molecule has 0 aliphatic rings. The molecule has 0 fully saturated rings. The Kier molecular flexibility index (Phi) is 5.01. The van der Waals surface area contributed by atoms with E-state index in [1.807, 2.05) is 19.2 Å². The summed E-state index contributed by atoms with van der Waals surface area (Å²) in [5, 5.41) is 8.32. The lowest BCUT2D eigenvalue weighted by Crippen LogP contribution is -2.03. The van der Waals surface area contributed by atoms with E-state index >= 15 is 0 Å². The van der Waals surface area contributed by atoms with Gasteiger partial charge in [-0.3, -0.25) is 0 Å². The van der Waals surface area contributed by atoms with Crippen molar-refractivity contribution >= 4 is 33.8 Å². The zero-order valence-electron chi connectivity index (χ0n) is 13.8. The molecule has 24 heavy (non-hydrogen) atoms. The molecule has 0 unspecified atom stereocenters. The Morgan fingerprint density at radius 1 is 1.38 bits per heavy atom. The topological polar surface area (TPSA) is 67.0 Å². The molecule has 126 valence electrons. The van der Waals surface area contributed by atoms with Crippen LogP contribution in [-0.4, -0.2) is 29.6 Å². The summed E-state index contributed by atoms with van der Waals surface area (Å²) in [4.78, 5) is 21.1. The van der Waals surface area contributed by atoms with E-state index in [0.29, 0.717) is 5.56 Å². The number of rotatable bonds is 6. The second kappa shape index (κ2) is 7.19. The summed E-state index contributed by atoms with van der Waals surface area (Å²) in [7, 11) is 1.40. The number of nitrogens with one attached hydrogen (secondary N) is 2. The predicted molar refractivity (Wildman–Crippen MR) is 99.2 cm³/mol. The molecule has 0 bridgehead atoms. The van der Waals surface area contributed by atoms with Crippen LogP contribution < -0.4 is 5.32 Å². The molecule has 0 atom stereocenters. The van der Waals surface area contributed by atoms with Gasteiger partial charge in [-0.2, -0.15) is 0 Å². The van der Waals surface area contributed by atoms with Gasteiger partial charge in [0.2, 0.25) is 0 Å². The van der Waals surface area contributed by atoms with E-state index in [1.165, 1.54) is 12.0 Å². The van der Waals surface area contributed by atoms with Crippen molar-refractivity contribution in [1.82, 2.24) is 9.97 Å². The fraction of sp³-hybridized carbons (Fsp3) is 0.294. The third-order valence-electron chi connectivity index (χ3n) is 3.82. The van der Waals surface area contributed by atoms with E-state index in [9.17, 15) is 4.79 Å². The van der Waals surface area contributed by atoms with Crippen LogP contribution in [0.5, 0.6) is 0 Å². The molecular formula is C17H19N3O2S2. The van der Waals surface area contributed by atoms with Gasteiger partial charge in [-0.15, -0.1) is 22.7 Å². The van der Waals surface area contributed by atoms with Crippen molar-refractivity contribution in [1.29, 1.82) is 0 Å². The maximum atomic E-state index is 11.9. The molecular weight excluding hydrogens is 342 g/mol. The maximum absolute atomic E-state index is 11.9. The molecule has 0 radical (unpaired) electrons. The molecule has 0 amide bonds. The number of aryl methyl sites for hydroxylation is 1. The maximum Gasteiger partial charge on any atom is 0.339 e. The summed E-state index contributed by atoms with van der Waals surface area (Å²) in [5.74, 6) is -0.322. The molecule has 2 N–H and O–H groups in total. The Balaban J connectivity index is 1.72. The van der Waals surface area contributed by atoms with E-state index in [-0.39, 0.29) is 5.97 Å². The summed E-state index contributed by atoms with van der Waals surface area (Å²) < 4.78 is 4.85. The Labute approximate surface area is 148 Å². The molecule has 0 saturated heterocycles. The Hall–Kier alpha value is -2.12. The third-order valence-corrected chi connectivity index (χ3v) is 5.55. The van der Waals surface area contributed by atoms with Crippen LogP contribution in [0.2, 0.25) is 0 Å². The number of H-pyrrole nitrogens is 1. The molecule has 3 aromatic heterocycles. The van der Waals surface area contributed by atoms with Gasteiger partial charge in [0.15, 0.2) is 5.13 Å². The number of methoxy groups -OCH3 is 1. The summed E-state index contributed by atoms with van der Waals surface area (Å²) in [6.07, 6.45) is 0.986. The number of aromatic amines is 1. The molecule has 5 nitrogen and oxygen atoms in total. The van der Waals surface area contributed by atoms with Gasteiger partial charge >= 0.3 is 5.97 Å². The quantitative estimate of drug-likeness (QED) is 0.644. The average Bonchev–Trinajstić information content (AvgIpc) is 3.28. The number of carbonyl (C=O) groups is 1. The second-order valence-electron chi connectivity index (χ2n) is 5.41. The van der Waals surface area contributed by atoms with E-state index in [0.717, 1.165) is 40.7 Å². The number of ether oxygens (including phenoxy) is 1. The molecule has 0 aliphatic heterocycles. The molecule has 3 aromatic rings. The molecule has 0 aromatic carbocycles. The van der Waals surface area contributed by atoms with E-state index in [1.54, 1.807) is 22.7 Å². The van der Waals surface area contributed by atoms with Crippen LogP contribution in [-0.2, 0) is 11.2 Å².